The second-order valence-electron chi connectivity index (χ2n) is 5.18. The van der Waals surface area contributed by atoms with Crippen molar-refractivity contribution in [3.63, 3.8) is 0 Å². The van der Waals surface area contributed by atoms with Crippen LogP contribution in [-0.2, 0) is 6.42 Å². The molecule has 1 aromatic heterocycles. The molecule has 1 saturated heterocycles. The predicted octanol–water partition coefficient (Wildman–Crippen LogP) is 0.888. The number of aromatic hydroxyl groups is 1. The molecule has 2 aromatic rings. The lowest BCUT2D eigenvalue weighted by Crippen LogP contribution is -2.49. The number of phenolic OH excluding ortho intramolecular Hbond substituents is 1. The maximum atomic E-state index is 9.47. The highest BCUT2D eigenvalue weighted by atomic mass is 16.5. The smallest absolute Gasteiger partial charge is 0.228 e. The van der Waals surface area contributed by atoms with E-state index in [9.17, 15) is 5.11 Å². The van der Waals surface area contributed by atoms with Gasteiger partial charge in [0, 0.05) is 37.7 Å². The van der Waals surface area contributed by atoms with Crippen LogP contribution in [0.4, 0.5) is 0 Å². The van der Waals surface area contributed by atoms with Gasteiger partial charge in [0.2, 0.25) is 11.7 Å². The topological polar surface area (TPSA) is 74.4 Å². The Morgan fingerprint density at radius 2 is 2.40 bits per heavy atom. The second-order valence-corrected chi connectivity index (χ2v) is 5.18. The number of likely N-dealkylation sites (N-methyl/N-ethyl adjacent to an activating group) is 1. The van der Waals surface area contributed by atoms with Crippen molar-refractivity contribution in [2.45, 2.75) is 12.5 Å². The van der Waals surface area contributed by atoms with Crippen molar-refractivity contribution in [1.29, 1.82) is 0 Å². The van der Waals surface area contributed by atoms with Gasteiger partial charge in [-0.2, -0.15) is 4.98 Å². The van der Waals surface area contributed by atoms with Gasteiger partial charge in [-0.1, -0.05) is 17.3 Å². The van der Waals surface area contributed by atoms with Crippen molar-refractivity contribution < 1.29 is 9.63 Å². The fourth-order valence-corrected chi connectivity index (χ4v) is 2.44. The maximum absolute atomic E-state index is 9.47. The van der Waals surface area contributed by atoms with Crippen LogP contribution in [-0.4, -0.2) is 52.9 Å². The highest BCUT2D eigenvalue weighted by molar-refractivity contribution is 5.56. The number of nitrogens with zero attached hydrogens (tertiary/aromatic N) is 3. The van der Waals surface area contributed by atoms with Gasteiger partial charge in [0.15, 0.2) is 0 Å². The summed E-state index contributed by atoms with van der Waals surface area (Å²) in [6.07, 6.45) is 0.718. The highest BCUT2D eigenvalue weighted by Crippen LogP contribution is 2.20. The van der Waals surface area contributed by atoms with Crippen molar-refractivity contribution >= 4 is 0 Å². The fraction of sp³-hybridized carbons (Fsp3) is 0.429. The van der Waals surface area contributed by atoms with Gasteiger partial charge in [-0.05, 0) is 19.2 Å². The molecule has 1 atom stereocenters. The Balaban J connectivity index is 1.70. The van der Waals surface area contributed by atoms with E-state index in [0.29, 0.717) is 17.8 Å². The number of hydrogen-bond donors (Lipinski definition) is 2. The fourth-order valence-electron chi connectivity index (χ4n) is 2.44. The van der Waals surface area contributed by atoms with Crippen LogP contribution in [0.5, 0.6) is 5.75 Å². The molecule has 0 aliphatic carbocycles. The first-order chi connectivity index (χ1) is 9.70. The number of nitrogens with one attached hydrogen (secondary N) is 1. The predicted molar refractivity (Wildman–Crippen MR) is 74.4 cm³/mol. The van der Waals surface area contributed by atoms with E-state index in [4.69, 9.17) is 4.52 Å². The highest BCUT2D eigenvalue weighted by Gasteiger charge is 2.20. The Bertz CT molecular complexity index is 584. The van der Waals surface area contributed by atoms with E-state index in [0.717, 1.165) is 31.6 Å². The quantitative estimate of drug-likeness (QED) is 0.866. The molecule has 0 spiro atoms. The molecule has 6 nitrogen and oxygen atoms in total. The zero-order valence-corrected chi connectivity index (χ0v) is 11.4. The maximum Gasteiger partial charge on any atom is 0.228 e. The SMILES string of the molecule is CN1CCNC(Cc2nc(-c3cccc(O)c3)no2)C1. The lowest BCUT2D eigenvalue weighted by atomic mass is 10.1. The summed E-state index contributed by atoms with van der Waals surface area (Å²) < 4.78 is 5.30. The summed E-state index contributed by atoms with van der Waals surface area (Å²) in [5, 5.41) is 16.9. The van der Waals surface area contributed by atoms with E-state index in [-0.39, 0.29) is 5.75 Å². The molecule has 2 N–H and O–H groups in total. The third-order valence-electron chi connectivity index (χ3n) is 3.45. The summed E-state index contributed by atoms with van der Waals surface area (Å²) >= 11 is 0. The van der Waals surface area contributed by atoms with Crippen LogP contribution in [0.2, 0.25) is 0 Å². The molecular weight excluding hydrogens is 256 g/mol. The molecule has 20 heavy (non-hydrogen) atoms. The summed E-state index contributed by atoms with van der Waals surface area (Å²) in [5.41, 5.74) is 0.758. The summed E-state index contributed by atoms with van der Waals surface area (Å²) in [6, 6.07) is 7.19. The van der Waals surface area contributed by atoms with Gasteiger partial charge >= 0.3 is 0 Å². The van der Waals surface area contributed by atoms with E-state index in [1.54, 1.807) is 18.2 Å². The van der Waals surface area contributed by atoms with Gasteiger partial charge in [-0.15, -0.1) is 0 Å². The largest absolute Gasteiger partial charge is 0.508 e. The van der Waals surface area contributed by atoms with E-state index >= 15 is 0 Å². The van der Waals surface area contributed by atoms with Gasteiger partial charge in [0.1, 0.15) is 5.75 Å². The van der Waals surface area contributed by atoms with Crippen molar-refractivity contribution in [3.8, 4) is 17.1 Å². The van der Waals surface area contributed by atoms with Crippen molar-refractivity contribution in [2.24, 2.45) is 0 Å². The molecule has 1 unspecified atom stereocenters. The van der Waals surface area contributed by atoms with Gasteiger partial charge < -0.3 is 19.8 Å². The number of piperazine rings is 1. The van der Waals surface area contributed by atoms with Crippen molar-refractivity contribution in [3.05, 3.63) is 30.2 Å². The molecule has 1 aliphatic rings. The van der Waals surface area contributed by atoms with Crippen LogP contribution in [0.1, 0.15) is 5.89 Å². The minimum absolute atomic E-state index is 0.199. The van der Waals surface area contributed by atoms with Crippen LogP contribution in [0.3, 0.4) is 0 Å². The van der Waals surface area contributed by atoms with Crippen LogP contribution in [0.25, 0.3) is 11.4 Å². The van der Waals surface area contributed by atoms with Crippen LogP contribution in [0.15, 0.2) is 28.8 Å². The summed E-state index contributed by atoms with van der Waals surface area (Å²) in [7, 11) is 2.11. The molecule has 6 heteroatoms. The van der Waals surface area contributed by atoms with Crippen molar-refractivity contribution in [1.82, 2.24) is 20.4 Å². The number of phenols is 1. The molecule has 1 aromatic carbocycles. The Morgan fingerprint density at radius 3 is 3.20 bits per heavy atom. The summed E-state index contributed by atoms with van der Waals surface area (Å²) in [5.74, 6) is 1.33. The van der Waals surface area contributed by atoms with E-state index < -0.39 is 0 Å². The molecule has 0 saturated carbocycles. The third-order valence-corrected chi connectivity index (χ3v) is 3.45. The van der Waals surface area contributed by atoms with Gasteiger partial charge in [-0.25, -0.2) is 0 Å². The molecule has 106 valence electrons. The van der Waals surface area contributed by atoms with Gasteiger partial charge in [-0.3, -0.25) is 0 Å². The summed E-state index contributed by atoms with van der Waals surface area (Å²) in [6.45, 7) is 3.02. The van der Waals surface area contributed by atoms with E-state index in [1.807, 2.05) is 6.07 Å². The van der Waals surface area contributed by atoms with Crippen molar-refractivity contribution in [2.75, 3.05) is 26.7 Å². The number of aromatic nitrogens is 2. The number of benzene rings is 1. The third kappa shape index (κ3) is 2.97. The minimum Gasteiger partial charge on any atom is -0.508 e. The lowest BCUT2D eigenvalue weighted by molar-refractivity contribution is 0.227. The summed E-state index contributed by atoms with van der Waals surface area (Å²) in [4.78, 5) is 6.68. The Hall–Kier alpha value is -1.92. The van der Waals surface area contributed by atoms with Gasteiger partial charge in [0.05, 0.1) is 0 Å². The van der Waals surface area contributed by atoms with Crippen LogP contribution < -0.4 is 5.32 Å². The molecule has 0 bridgehead atoms. The first-order valence-corrected chi connectivity index (χ1v) is 6.74. The second kappa shape index (κ2) is 5.60. The average Bonchev–Trinajstić information content (AvgIpc) is 2.87. The van der Waals surface area contributed by atoms with Gasteiger partial charge in [0.25, 0.3) is 0 Å². The molecule has 2 heterocycles. The Labute approximate surface area is 117 Å². The van der Waals surface area contributed by atoms with E-state index in [1.165, 1.54) is 0 Å². The normalized spacial score (nSPS) is 20.1. The zero-order valence-electron chi connectivity index (χ0n) is 11.4. The Morgan fingerprint density at radius 1 is 1.50 bits per heavy atom. The average molecular weight is 274 g/mol. The number of rotatable bonds is 3. The molecule has 1 fully saturated rings. The molecule has 0 amide bonds. The first kappa shape index (κ1) is 13.1. The number of hydrogen-bond acceptors (Lipinski definition) is 6. The lowest BCUT2D eigenvalue weighted by Gasteiger charge is -2.29. The first-order valence-electron chi connectivity index (χ1n) is 6.74. The monoisotopic (exact) mass is 274 g/mol. The standard InChI is InChI=1S/C14H18N4O2/c1-18-6-5-15-11(9-18)8-13-16-14(17-20-13)10-3-2-4-12(19)7-10/h2-4,7,11,15,19H,5-6,8-9H2,1H3. The molecule has 0 radical (unpaired) electrons. The van der Waals surface area contributed by atoms with Crippen LogP contribution in [0, 0.1) is 0 Å². The molecule has 3 rings (SSSR count). The zero-order chi connectivity index (χ0) is 13.9. The molecular formula is C14H18N4O2. The Kier molecular flexibility index (Phi) is 3.66. The molecule has 1 aliphatic heterocycles. The van der Waals surface area contributed by atoms with E-state index in [2.05, 4.69) is 27.4 Å². The minimum atomic E-state index is 0.199. The van der Waals surface area contributed by atoms with Crippen LogP contribution >= 0.6 is 0 Å².